The van der Waals surface area contributed by atoms with Gasteiger partial charge in [-0.3, -0.25) is 0 Å². The SMILES string of the molecule is CC(C#N)CNCc1ccc(F)cc1. The second kappa shape index (κ2) is 5.36. The molecule has 0 aromatic heterocycles. The molecule has 1 atom stereocenters. The van der Waals surface area contributed by atoms with E-state index in [4.69, 9.17) is 5.26 Å². The third-order valence-electron chi connectivity index (χ3n) is 1.91. The molecular formula is C11H13FN2. The van der Waals surface area contributed by atoms with Crippen LogP contribution >= 0.6 is 0 Å². The first-order valence-corrected chi connectivity index (χ1v) is 4.57. The molecule has 14 heavy (non-hydrogen) atoms. The lowest BCUT2D eigenvalue weighted by atomic mass is 10.2. The fourth-order valence-corrected chi connectivity index (χ4v) is 1.08. The van der Waals surface area contributed by atoms with Crippen molar-refractivity contribution in [1.82, 2.24) is 5.32 Å². The van der Waals surface area contributed by atoms with E-state index in [9.17, 15) is 4.39 Å². The monoisotopic (exact) mass is 192 g/mol. The van der Waals surface area contributed by atoms with Crippen LogP contribution in [0, 0.1) is 23.1 Å². The van der Waals surface area contributed by atoms with E-state index in [0.29, 0.717) is 13.1 Å². The van der Waals surface area contributed by atoms with E-state index < -0.39 is 0 Å². The molecule has 1 aromatic rings. The highest BCUT2D eigenvalue weighted by atomic mass is 19.1. The molecule has 1 unspecified atom stereocenters. The number of hydrogen-bond donors (Lipinski definition) is 1. The fourth-order valence-electron chi connectivity index (χ4n) is 1.08. The molecule has 0 radical (unpaired) electrons. The molecule has 0 saturated carbocycles. The highest BCUT2D eigenvalue weighted by Crippen LogP contribution is 2.02. The van der Waals surface area contributed by atoms with Crippen LogP contribution in [-0.4, -0.2) is 6.54 Å². The van der Waals surface area contributed by atoms with Crippen molar-refractivity contribution < 1.29 is 4.39 Å². The molecular weight excluding hydrogens is 179 g/mol. The molecule has 1 aromatic carbocycles. The lowest BCUT2D eigenvalue weighted by Crippen LogP contribution is -2.19. The van der Waals surface area contributed by atoms with Gasteiger partial charge in [-0.05, 0) is 24.6 Å². The molecule has 1 rings (SSSR count). The first-order valence-electron chi connectivity index (χ1n) is 4.57. The van der Waals surface area contributed by atoms with Gasteiger partial charge in [-0.1, -0.05) is 12.1 Å². The van der Waals surface area contributed by atoms with Crippen molar-refractivity contribution in [2.75, 3.05) is 6.54 Å². The van der Waals surface area contributed by atoms with Gasteiger partial charge in [0.15, 0.2) is 0 Å². The van der Waals surface area contributed by atoms with Gasteiger partial charge < -0.3 is 5.32 Å². The topological polar surface area (TPSA) is 35.8 Å². The van der Waals surface area contributed by atoms with Crippen molar-refractivity contribution in [2.45, 2.75) is 13.5 Å². The van der Waals surface area contributed by atoms with Crippen LogP contribution in [0.4, 0.5) is 4.39 Å². The van der Waals surface area contributed by atoms with E-state index in [1.807, 2.05) is 6.92 Å². The minimum absolute atomic E-state index is 0.00967. The van der Waals surface area contributed by atoms with E-state index in [0.717, 1.165) is 5.56 Å². The number of nitrogens with zero attached hydrogens (tertiary/aromatic N) is 1. The molecule has 3 heteroatoms. The molecule has 74 valence electrons. The Morgan fingerprint density at radius 2 is 2.07 bits per heavy atom. The summed E-state index contributed by atoms with van der Waals surface area (Å²) in [6, 6.07) is 8.48. The smallest absolute Gasteiger partial charge is 0.123 e. The van der Waals surface area contributed by atoms with Crippen LogP contribution in [0.3, 0.4) is 0 Å². The maximum absolute atomic E-state index is 12.5. The summed E-state index contributed by atoms with van der Waals surface area (Å²) in [5.41, 5.74) is 1.02. The molecule has 0 fully saturated rings. The normalized spacial score (nSPS) is 12.1. The molecule has 2 nitrogen and oxygen atoms in total. The molecule has 1 N–H and O–H groups in total. The van der Waals surface area contributed by atoms with E-state index in [1.165, 1.54) is 12.1 Å². The molecule has 0 aliphatic heterocycles. The van der Waals surface area contributed by atoms with Gasteiger partial charge in [-0.25, -0.2) is 4.39 Å². The Morgan fingerprint density at radius 1 is 1.43 bits per heavy atom. The summed E-state index contributed by atoms with van der Waals surface area (Å²) in [4.78, 5) is 0. The maximum atomic E-state index is 12.5. The number of rotatable bonds is 4. The number of halogens is 1. The first-order chi connectivity index (χ1) is 6.72. The Hall–Kier alpha value is -1.40. The number of nitriles is 1. The van der Waals surface area contributed by atoms with E-state index >= 15 is 0 Å². The van der Waals surface area contributed by atoms with Gasteiger partial charge in [0.25, 0.3) is 0 Å². The van der Waals surface area contributed by atoms with E-state index in [-0.39, 0.29) is 11.7 Å². The largest absolute Gasteiger partial charge is 0.311 e. The zero-order chi connectivity index (χ0) is 10.4. The number of benzene rings is 1. The lowest BCUT2D eigenvalue weighted by molar-refractivity contribution is 0.598. The molecule has 0 aliphatic rings. The Morgan fingerprint density at radius 3 is 2.64 bits per heavy atom. The standard InChI is InChI=1S/C11H13FN2/c1-9(6-13)7-14-8-10-2-4-11(12)5-3-10/h2-5,9,14H,7-8H2,1H3. The van der Waals surface area contributed by atoms with Gasteiger partial charge in [-0.15, -0.1) is 0 Å². The third-order valence-corrected chi connectivity index (χ3v) is 1.91. The van der Waals surface area contributed by atoms with Crippen LogP contribution in [0.2, 0.25) is 0 Å². The lowest BCUT2D eigenvalue weighted by Gasteiger charge is -2.05. The maximum Gasteiger partial charge on any atom is 0.123 e. The Balaban J connectivity index is 2.32. The van der Waals surface area contributed by atoms with Gasteiger partial charge >= 0.3 is 0 Å². The number of nitrogens with one attached hydrogen (secondary N) is 1. The predicted octanol–water partition coefficient (Wildman–Crippen LogP) is 2.07. The Kier molecular flexibility index (Phi) is 4.09. The summed E-state index contributed by atoms with van der Waals surface area (Å²) in [7, 11) is 0. The van der Waals surface area contributed by atoms with E-state index in [2.05, 4.69) is 11.4 Å². The zero-order valence-electron chi connectivity index (χ0n) is 8.13. The summed E-state index contributed by atoms with van der Waals surface area (Å²) >= 11 is 0. The van der Waals surface area contributed by atoms with Crippen molar-refractivity contribution >= 4 is 0 Å². The van der Waals surface area contributed by atoms with Gasteiger partial charge in [-0.2, -0.15) is 5.26 Å². The predicted molar refractivity (Wildman–Crippen MR) is 52.9 cm³/mol. The van der Waals surface area contributed by atoms with Crippen LogP contribution in [0.15, 0.2) is 24.3 Å². The Bertz CT molecular complexity index is 313. The van der Waals surface area contributed by atoms with Crippen LogP contribution in [0.1, 0.15) is 12.5 Å². The van der Waals surface area contributed by atoms with Gasteiger partial charge in [0, 0.05) is 13.1 Å². The molecule has 0 spiro atoms. The Labute approximate surface area is 83.4 Å². The summed E-state index contributed by atoms with van der Waals surface area (Å²) in [5, 5.41) is 11.7. The average molecular weight is 192 g/mol. The van der Waals surface area contributed by atoms with Crippen molar-refractivity contribution in [1.29, 1.82) is 5.26 Å². The highest BCUT2D eigenvalue weighted by molar-refractivity contribution is 5.15. The van der Waals surface area contributed by atoms with Crippen LogP contribution < -0.4 is 5.32 Å². The summed E-state index contributed by atoms with van der Waals surface area (Å²) in [6.45, 7) is 3.19. The molecule has 0 heterocycles. The highest BCUT2D eigenvalue weighted by Gasteiger charge is 1.98. The third kappa shape index (κ3) is 3.55. The number of hydrogen-bond acceptors (Lipinski definition) is 2. The van der Waals surface area contributed by atoms with E-state index in [1.54, 1.807) is 12.1 Å². The quantitative estimate of drug-likeness (QED) is 0.792. The average Bonchev–Trinajstić information content (AvgIpc) is 2.21. The second-order valence-corrected chi connectivity index (χ2v) is 3.29. The van der Waals surface area contributed by atoms with Crippen molar-refractivity contribution in [3.8, 4) is 6.07 Å². The van der Waals surface area contributed by atoms with Crippen LogP contribution in [0.25, 0.3) is 0 Å². The first kappa shape index (κ1) is 10.7. The summed E-state index contributed by atoms with van der Waals surface area (Å²) in [5.74, 6) is -0.213. The minimum atomic E-state index is -0.223. The van der Waals surface area contributed by atoms with Gasteiger partial charge in [0.05, 0.1) is 12.0 Å². The molecule has 0 amide bonds. The fraction of sp³-hybridized carbons (Fsp3) is 0.364. The van der Waals surface area contributed by atoms with Crippen molar-refractivity contribution in [3.05, 3.63) is 35.6 Å². The van der Waals surface area contributed by atoms with Crippen molar-refractivity contribution in [2.24, 2.45) is 5.92 Å². The summed E-state index contributed by atoms with van der Waals surface area (Å²) in [6.07, 6.45) is 0. The zero-order valence-corrected chi connectivity index (χ0v) is 8.13. The van der Waals surface area contributed by atoms with Crippen LogP contribution in [0.5, 0.6) is 0 Å². The van der Waals surface area contributed by atoms with Crippen molar-refractivity contribution in [3.63, 3.8) is 0 Å². The van der Waals surface area contributed by atoms with Gasteiger partial charge in [0.1, 0.15) is 5.82 Å². The van der Waals surface area contributed by atoms with Crippen LogP contribution in [-0.2, 0) is 6.54 Å². The molecule has 0 saturated heterocycles. The molecule has 0 aliphatic carbocycles. The molecule has 0 bridgehead atoms. The minimum Gasteiger partial charge on any atom is -0.311 e. The summed E-state index contributed by atoms with van der Waals surface area (Å²) < 4.78 is 12.5. The second-order valence-electron chi connectivity index (χ2n) is 3.29. The van der Waals surface area contributed by atoms with Gasteiger partial charge in [0.2, 0.25) is 0 Å².